The second-order valence-corrected chi connectivity index (χ2v) is 15.3. The number of Topliss-reactive ketones (excluding diaryl/α,β-unsaturated/α-hetero) is 1. The van der Waals surface area contributed by atoms with Crippen LogP contribution in [0.5, 0.6) is 5.75 Å². The standard InChI is InChI=1S/C31H25Br2ClN2O7S/c1-16-2-12-21(13-3-16)44(41,42)43-20-10-6-17(7-11-20)24(37)15-35(29(38)18-4-8-19(34)9-5-18)36-30(39)25-22-14-23(26(25)31(36)40)28(33)27(22)32/h2-13,22-23,25-28H,14-15H2,1H3/t22-,23-,25-,26-,27-,28+/m1/s1. The highest BCUT2D eigenvalue weighted by Crippen LogP contribution is 2.60. The van der Waals surface area contributed by atoms with Crippen LogP contribution in [-0.2, 0) is 19.7 Å². The second-order valence-electron chi connectivity index (χ2n) is 11.2. The summed E-state index contributed by atoms with van der Waals surface area (Å²) in [6, 6.07) is 17.5. The fraction of sp³-hybridized carbons (Fsp3) is 0.290. The van der Waals surface area contributed by atoms with E-state index in [0.717, 1.165) is 15.6 Å². The third-order valence-electron chi connectivity index (χ3n) is 8.52. The highest BCUT2D eigenvalue weighted by molar-refractivity contribution is 9.12. The maximum atomic E-state index is 13.8. The molecule has 1 heterocycles. The van der Waals surface area contributed by atoms with Gasteiger partial charge in [-0.2, -0.15) is 13.4 Å². The summed E-state index contributed by atoms with van der Waals surface area (Å²) in [7, 11) is -4.11. The van der Waals surface area contributed by atoms with E-state index in [0.29, 0.717) is 11.4 Å². The predicted octanol–water partition coefficient (Wildman–Crippen LogP) is 5.43. The lowest BCUT2D eigenvalue weighted by Gasteiger charge is -2.31. The van der Waals surface area contributed by atoms with Gasteiger partial charge in [0, 0.05) is 25.8 Å². The number of carbonyl (C=O) groups excluding carboxylic acids is 4. The first-order valence-corrected chi connectivity index (χ1v) is 17.4. The number of benzene rings is 3. The average molecular weight is 765 g/mol. The first-order valence-electron chi connectivity index (χ1n) is 13.7. The SMILES string of the molecule is Cc1ccc(S(=O)(=O)Oc2ccc(C(=O)CN(C(=O)c3ccc(Cl)cc3)N3C(=O)[C@@H]4[C@H]5C[C@@H]([C@@H](Br)[C@H]5Br)[C@H]4C3=O)cc2)cc1. The van der Waals surface area contributed by atoms with E-state index in [1.807, 2.05) is 6.92 Å². The maximum Gasteiger partial charge on any atom is 0.339 e. The number of halogens is 3. The topological polar surface area (TPSA) is 118 Å². The molecular formula is C31H25Br2ClN2O7S. The molecule has 9 nitrogen and oxygen atoms in total. The van der Waals surface area contributed by atoms with Gasteiger partial charge in [-0.05, 0) is 85.8 Å². The van der Waals surface area contributed by atoms with E-state index in [2.05, 4.69) is 31.9 Å². The molecule has 2 aliphatic carbocycles. The summed E-state index contributed by atoms with van der Waals surface area (Å²) < 4.78 is 30.6. The Morgan fingerprint density at radius 3 is 1.93 bits per heavy atom. The molecule has 3 aromatic carbocycles. The van der Waals surface area contributed by atoms with Crippen LogP contribution in [0.3, 0.4) is 0 Å². The maximum absolute atomic E-state index is 13.8. The lowest BCUT2D eigenvalue weighted by Crippen LogP contribution is -2.52. The zero-order valence-electron chi connectivity index (χ0n) is 23.1. The Hall–Kier alpha value is -3.06. The molecule has 0 radical (unpaired) electrons. The molecule has 3 aliphatic rings. The van der Waals surface area contributed by atoms with Gasteiger partial charge in [-0.3, -0.25) is 19.2 Å². The van der Waals surface area contributed by atoms with Crippen molar-refractivity contribution in [1.82, 2.24) is 10.0 Å². The first-order chi connectivity index (χ1) is 20.9. The number of carbonyl (C=O) groups is 4. The summed E-state index contributed by atoms with van der Waals surface area (Å²) in [6.45, 7) is 1.23. The predicted molar refractivity (Wildman–Crippen MR) is 168 cm³/mol. The van der Waals surface area contributed by atoms with E-state index >= 15 is 0 Å². The van der Waals surface area contributed by atoms with Crippen molar-refractivity contribution in [2.75, 3.05) is 6.54 Å². The second kappa shape index (κ2) is 11.7. The third-order valence-corrected chi connectivity index (χ3v) is 13.2. The Morgan fingerprint density at radius 2 is 1.39 bits per heavy atom. The van der Waals surface area contributed by atoms with Crippen LogP contribution in [0.2, 0.25) is 5.02 Å². The Bertz CT molecular complexity index is 1740. The fourth-order valence-corrected chi connectivity index (χ4v) is 9.28. The molecule has 3 amide bonds. The minimum Gasteiger partial charge on any atom is -0.379 e. The molecule has 6 atom stereocenters. The Balaban J connectivity index is 1.26. The number of hydrogen-bond donors (Lipinski definition) is 0. The van der Waals surface area contributed by atoms with E-state index in [-0.39, 0.29) is 43.3 Å². The van der Waals surface area contributed by atoms with Gasteiger partial charge in [0.2, 0.25) is 0 Å². The van der Waals surface area contributed by atoms with E-state index in [1.54, 1.807) is 12.1 Å². The molecule has 0 N–H and O–H groups in total. The largest absolute Gasteiger partial charge is 0.379 e. The number of fused-ring (bicyclic) bond motifs is 5. The van der Waals surface area contributed by atoms with Crippen molar-refractivity contribution in [2.45, 2.75) is 27.9 Å². The average Bonchev–Trinajstić information content (AvgIpc) is 3.61. The molecule has 3 aromatic rings. The quantitative estimate of drug-likeness (QED) is 0.130. The molecule has 0 spiro atoms. The van der Waals surface area contributed by atoms with Crippen molar-refractivity contribution in [1.29, 1.82) is 0 Å². The molecule has 0 aromatic heterocycles. The third kappa shape index (κ3) is 5.39. The number of alkyl halides is 2. The minimum absolute atomic E-state index is 0.00283. The molecule has 228 valence electrons. The lowest BCUT2D eigenvalue weighted by molar-refractivity contribution is -0.154. The number of hydrogen-bond acceptors (Lipinski definition) is 7. The van der Waals surface area contributed by atoms with Gasteiger partial charge in [-0.15, -0.1) is 0 Å². The van der Waals surface area contributed by atoms with Gasteiger partial charge in [0.1, 0.15) is 17.2 Å². The molecule has 3 fully saturated rings. The van der Waals surface area contributed by atoms with Crippen LogP contribution < -0.4 is 4.18 Å². The smallest absolute Gasteiger partial charge is 0.339 e. The highest BCUT2D eigenvalue weighted by Gasteiger charge is 2.67. The van der Waals surface area contributed by atoms with Crippen LogP contribution in [-0.4, -0.2) is 58.1 Å². The summed E-state index contributed by atoms with van der Waals surface area (Å²) in [4.78, 5) is 54.8. The number of ketones is 1. The Morgan fingerprint density at radius 1 is 0.864 bits per heavy atom. The van der Waals surface area contributed by atoms with Crippen LogP contribution in [0.25, 0.3) is 0 Å². The number of imide groups is 1. The van der Waals surface area contributed by atoms with Crippen molar-refractivity contribution >= 4 is 77.1 Å². The van der Waals surface area contributed by atoms with Crippen molar-refractivity contribution in [3.8, 4) is 5.75 Å². The molecular weight excluding hydrogens is 740 g/mol. The Kier molecular flexibility index (Phi) is 8.23. The number of aryl methyl sites for hydroxylation is 1. The number of hydrazine groups is 1. The normalized spacial score (nSPS) is 25.7. The summed E-state index contributed by atoms with van der Waals surface area (Å²) in [6.07, 6.45) is 0.713. The molecule has 2 saturated carbocycles. The van der Waals surface area contributed by atoms with Gasteiger partial charge >= 0.3 is 10.1 Å². The van der Waals surface area contributed by atoms with Crippen molar-refractivity contribution < 1.29 is 31.8 Å². The van der Waals surface area contributed by atoms with Crippen molar-refractivity contribution in [2.24, 2.45) is 23.7 Å². The monoisotopic (exact) mass is 762 g/mol. The van der Waals surface area contributed by atoms with Crippen LogP contribution in [0, 0.1) is 30.6 Å². The molecule has 13 heteroatoms. The van der Waals surface area contributed by atoms with Gasteiger partial charge in [-0.25, -0.2) is 5.01 Å². The molecule has 6 rings (SSSR count). The van der Waals surface area contributed by atoms with Crippen molar-refractivity contribution in [3.63, 3.8) is 0 Å². The molecule has 1 aliphatic heterocycles. The van der Waals surface area contributed by atoms with Gasteiger partial charge in [-0.1, -0.05) is 61.2 Å². The van der Waals surface area contributed by atoms with Crippen LogP contribution >= 0.6 is 43.5 Å². The number of nitrogens with zero attached hydrogens (tertiary/aromatic N) is 2. The zero-order valence-corrected chi connectivity index (χ0v) is 27.8. The first kappa shape index (κ1) is 30.9. The molecule has 1 saturated heterocycles. The van der Waals surface area contributed by atoms with E-state index < -0.39 is 52.0 Å². The molecule has 0 unspecified atom stereocenters. The zero-order chi connectivity index (χ0) is 31.5. The van der Waals surface area contributed by atoms with Gasteiger partial charge in [0.15, 0.2) is 5.78 Å². The highest BCUT2D eigenvalue weighted by atomic mass is 79.9. The van der Waals surface area contributed by atoms with E-state index in [1.165, 1.54) is 60.7 Å². The minimum atomic E-state index is -4.11. The van der Waals surface area contributed by atoms with Gasteiger partial charge in [0.25, 0.3) is 17.7 Å². The summed E-state index contributed by atoms with van der Waals surface area (Å²) >= 11 is 13.3. The number of amides is 3. The Labute approximate surface area is 275 Å². The molecule has 2 bridgehead atoms. The van der Waals surface area contributed by atoms with Crippen LogP contribution in [0.15, 0.2) is 77.7 Å². The molecule has 44 heavy (non-hydrogen) atoms. The van der Waals surface area contributed by atoms with Crippen molar-refractivity contribution in [3.05, 3.63) is 94.5 Å². The van der Waals surface area contributed by atoms with E-state index in [9.17, 15) is 27.6 Å². The van der Waals surface area contributed by atoms with Crippen LogP contribution in [0.4, 0.5) is 0 Å². The summed E-state index contributed by atoms with van der Waals surface area (Å²) in [5.74, 6) is -3.64. The van der Waals surface area contributed by atoms with Crippen LogP contribution in [0.1, 0.15) is 32.7 Å². The number of rotatable bonds is 8. The van der Waals surface area contributed by atoms with Gasteiger partial charge in [0.05, 0.1) is 11.8 Å². The van der Waals surface area contributed by atoms with E-state index in [4.69, 9.17) is 15.8 Å². The van der Waals surface area contributed by atoms with Gasteiger partial charge < -0.3 is 4.18 Å². The lowest BCUT2D eigenvalue weighted by atomic mass is 9.81. The fourth-order valence-electron chi connectivity index (χ4n) is 6.35. The summed E-state index contributed by atoms with van der Waals surface area (Å²) in [5, 5.41) is 2.15. The summed E-state index contributed by atoms with van der Waals surface area (Å²) in [5.41, 5.74) is 1.16.